The molecule has 0 bridgehead atoms. The first-order chi connectivity index (χ1) is 12.3. The predicted octanol–water partition coefficient (Wildman–Crippen LogP) is 0.187. The maximum Gasteiger partial charge on any atom is 0.320 e. The Kier molecular flexibility index (Phi) is 5.17. The molecule has 1 saturated heterocycles. The van der Waals surface area contributed by atoms with Crippen molar-refractivity contribution in [3.05, 3.63) is 18.2 Å². The van der Waals surface area contributed by atoms with Gasteiger partial charge in [-0.1, -0.05) is 6.92 Å². The maximum atomic E-state index is 12.9. The van der Waals surface area contributed by atoms with Crippen LogP contribution in [0.2, 0.25) is 0 Å². The number of carbonyl (C=O) groups is 2. The van der Waals surface area contributed by atoms with Gasteiger partial charge in [0.25, 0.3) is 5.91 Å². The van der Waals surface area contributed by atoms with Crippen molar-refractivity contribution in [1.29, 1.82) is 0 Å². The smallest absolute Gasteiger partial charge is 0.320 e. The van der Waals surface area contributed by atoms with Crippen LogP contribution < -0.4 is 10.1 Å². The Bertz CT molecular complexity index is 817. The van der Waals surface area contributed by atoms with E-state index in [0.29, 0.717) is 30.9 Å². The summed E-state index contributed by atoms with van der Waals surface area (Å²) in [6.45, 7) is 2.84. The fourth-order valence-electron chi connectivity index (χ4n) is 3.22. The number of fused-ring (bicyclic) bond motifs is 1. The molecule has 1 atom stereocenters. The quantitative estimate of drug-likeness (QED) is 0.745. The molecule has 1 amide bonds. The highest BCUT2D eigenvalue weighted by atomic mass is 32.2. The molecule has 142 valence electrons. The number of benzene rings is 1. The molecule has 1 unspecified atom stereocenters. The van der Waals surface area contributed by atoms with Crippen molar-refractivity contribution in [3.8, 4) is 5.75 Å². The minimum absolute atomic E-state index is 0.0702. The number of ether oxygens (including phenoxy) is 1. The van der Waals surface area contributed by atoms with Gasteiger partial charge in [-0.3, -0.25) is 14.5 Å². The highest BCUT2D eigenvalue weighted by molar-refractivity contribution is 7.89. The van der Waals surface area contributed by atoms with Gasteiger partial charge in [-0.2, -0.15) is 4.31 Å². The van der Waals surface area contributed by atoms with Crippen LogP contribution in [0.15, 0.2) is 23.1 Å². The van der Waals surface area contributed by atoms with E-state index in [9.17, 15) is 23.1 Å². The van der Waals surface area contributed by atoms with E-state index in [2.05, 4.69) is 5.32 Å². The summed E-state index contributed by atoms with van der Waals surface area (Å²) in [5.41, 5.74) is 0.331. The van der Waals surface area contributed by atoms with Gasteiger partial charge in [0, 0.05) is 26.2 Å². The molecular formula is C16H21N3O6S. The van der Waals surface area contributed by atoms with E-state index in [1.54, 1.807) is 11.8 Å². The molecule has 2 aliphatic rings. The van der Waals surface area contributed by atoms with E-state index < -0.39 is 22.0 Å². The zero-order valence-corrected chi connectivity index (χ0v) is 15.2. The lowest BCUT2D eigenvalue weighted by Crippen LogP contribution is -2.53. The summed E-state index contributed by atoms with van der Waals surface area (Å²) < 4.78 is 32.3. The van der Waals surface area contributed by atoms with Crippen LogP contribution in [-0.2, 0) is 19.6 Å². The predicted molar refractivity (Wildman–Crippen MR) is 92.6 cm³/mol. The van der Waals surface area contributed by atoms with Crippen LogP contribution in [0.3, 0.4) is 0 Å². The van der Waals surface area contributed by atoms with Crippen LogP contribution in [0.4, 0.5) is 5.69 Å². The van der Waals surface area contributed by atoms with Crippen molar-refractivity contribution in [1.82, 2.24) is 9.21 Å². The van der Waals surface area contributed by atoms with E-state index in [1.807, 2.05) is 0 Å². The molecule has 2 N–H and O–H groups in total. The maximum absolute atomic E-state index is 12.9. The van der Waals surface area contributed by atoms with Gasteiger partial charge in [-0.05, 0) is 24.6 Å². The SMILES string of the molecule is CCC(C(=O)O)N1CCN(S(=O)(=O)c2ccc3c(c2)NC(=O)CO3)CC1. The molecule has 0 aliphatic carbocycles. The molecule has 1 aromatic rings. The second-order valence-corrected chi connectivity index (χ2v) is 8.14. The number of aliphatic carboxylic acids is 1. The molecule has 3 rings (SSSR count). The molecule has 0 aromatic heterocycles. The van der Waals surface area contributed by atoms with Crippen LogP contribution in [0, 0.1) is 0 Å². The molecule has 1 aromatic carbocycles. The number of rotatable bonds is 5. The Hall–Kier alpha value is -2.17. The molecule has 9 nitrogen and oxygen atoms in total. The Morgan fingerprint density at radius 3 is 2.62 bits per heavy atom. The summed E-state index contributed by atoms with van der Waals surface area (Å²) in [5, 5.41) is 11.8. The Morgan fingerprint density at radius 2 is 2.00 bits per heavy atom. The summed E-state index contributed by atoms with van der Waals surface area (Å²) in [5.74, 6) is -0.796. The topological polar surface area (TPSA) is 116 Å². The number of nitrogens with one attached hydrogen (secondary N) is 1. The van der Waals surface area contributed by atoms with Crippen molar-refractivity contribution in [2.45, 2.75) is 24.3 Å². The summed E-state index contributed by atoms with van der Waals surface area (Å²) in [4.78, 5) is 24.6. The monoisotopic (exact) mass is 383 g/mol. The number of amides is 1. The summed E-state index contributed by atoms with van der Waals surface area (Å²) in [6.07, 6.45) is 0.465. The number of carbonyl (C=O) groups excluding carboxylic acids is 1. The van der Waals surface area contributed by atoms with Gasteiger partial charge in [-0.25, -0.2) is 8.42 Å². The van der Waals surface area contributed by atoms with Gasteiger partial charge in [0.05, 0.1) is 10.6 Å². The van der Waals surface area contributed by atoms with Crippen molar-refractivity contribution >= 4 is 27.6 Å². The second kappa shape index (κ2) is 7.22. The molecule has 0 radical (unpaired) electrons. The molecule has 0 saturated carbocycles. The highest BCUT2D eigenvalue weighted by Gasteiger charge is 2.33. The van der Waals surface area contributed by atoms with E-state index in [0.717, 1.165) is 0 Å². The zero-order valence-electron chi connectivity index (χ0n) is 14.3. The van der Waals surface area contributed by atoms with Crippen LogP contribution in [0.25, 0.3) is 0 Å². The van der Waals surface area contributed by atoms with Gasteiger partial charge in [-0.15, -0.1) is 0 Å². The minimum atomic E-state index is -3.74. The third-order valence-corrected chi connectivity index (χ3v) is 6.50. The number of hydrogen-bond acceptors (Lipinski definition) is 6. The average molecular weight is 383 g/mol. The summed E-state index contributed by atoms with van der Waals surface area (Å²) in [6, 6.07) is 3.76. The van der Waals surface area contributed by atoms with Gasteiger partial charge in [0.1, 0.15) is 11.8 Å². The standard InChI is InChI=1S/C16H21N3O6S/c1-2-13(16(21)22)18-5-7-19(8-6-18)26(23,24)11-3-4-14-12(9-11)17-15(20)10-25-14/h3-4,9,13H,2,5-8,10H2,1H3,(H,17,20)(H,21,22). The van der Waals surface area contributed by atoms with Gasteiger partial charge >= 0.3 is 5.97 Å². The molecule has 2 heterocycles. The number of sulfonamides is 1. The lowest BCUT2D eigenvalue weighted by molar-refractivity contribution is -0.143. The number of anilines is 1. The van der Waals surface area contributed by atoms with Crippen molar-refractivity contribution in [3.63, 3.8) is 0 Å². The number of carboxylic acid groups (broad SMARTS) is 1. The first-order valence-corrected chi connectivity index (χ1v) is 9.80. The van der Waals surface area contributed by atoms with Crippen molar-refractivity contribution < 1.29 is 27.9 Å². The lowest BCUT2D eigenvalue weighted by atomic mass is 10.1. The largest absolute Gasteiger partial charge is 0.482 e. The second-order valence-electron chi connectivity index (χ2n) is 6.20. The van der Waals surface area contributed by atoms with E-state index in [4.69, 9.17) is 4.74 Å². The van der Waals surface area contributed by atoms with Crippen LogP contribution in [0.5, 0.6) is 5.75 Å². The zero-order chi connectivity index (χ0) is 18.9. The number of nitrogens with zero attached hydrogens (tertiary/aromatic N) is 2. The lowest BCUT2D eigenvalue weighted by Gasteiger charge is -2.36. The fraction of sp³-hybridized carbons (Fsp3) is 0.500. The third kappa shape index (κ3) is 3.53. The van der Waals surface area contributed by atoms with Gasteiger partial charge in [0.15, 0.2) is 6.61 Å². The third-order valence-electron chi connectivity index (χ3n) is 4.61. The van der Waals surface area contributed by atoms with Crippen molar-refractivity contribution in [2.75, 3.05) is 38.1 Å². The van der Waals surface area contributed by atoms with Gasteiger partial charge in [0.2, 0.25) is 10.0 Å². The Balaban J connectivity index is 1.75. The molecule has 2 aliphatic heterocycles. The summed E-state index contributed by atoms with van der Waals surface area (Å²) in [7, 11) is -3.74. The van der Waals surface area contributed by atoms with E-state index in [-0.39, 0.29) is 30.5 Å². The average Bonchev–Trinajstić information content (AvgIpc) is 2.61. The summed E-state index contributed by atoms with van der Waals surface area (Å²) >= 11 is 0. The molecule has 0 spiro atoms. The molecule has 1 fully saturated rings. The first-order valence-electron chi connectivity index (χ1n) is 8.36. The van der Waals surface area contributed by atoms with Crippen molar-refractivity contribution in [2.24, 2.45) is 0 Å². The Labute approximate surface area is 151 Å². The number of piperazine rings is 1. The Morgan fingerprint density at radius 1 is 1.31 bits per heavy atom. The molecule has 10 heteroatoms. The fourth-order valence-corrected chi connectivity index (χ4v) is 4.67. The van der Waals surface area contributed by atoms with E-state index >= 15 is 0 Å². The normalized spacial score (nSPS) is 20.0. The van der Waals surface area contributed by atoms with Gasteiger partial charge < -0.3 is 15.2 Å². The molecular weight excluding hydrogens is 362 g/mol. The number of hydrogen-bond donors (Lipinski definition) is 2. The van der Waals surface area contributed by atoms with Crippen LogP contribution in [-0.4, -0.2) is 73.4 Å². The first kappa shape index (κ1) is 18.6. The number of carboxylic acids is 1. The van der Waals surface area contributed by atoms with Crippen LogP contribution >= 0.6 is 0 Å². The highest BCUT2D eigenvalue weighted by Crippen LogP contribution is 2.31. The molecule has 26 heavy (non-hydrogen) atoms. The van der Waals surface area contributed by atoms with Crippen LogP contribution in [0.1, 0.15) is 13.3 Å². The van der Waals surface area contributed by atoms with E-state index in [1.165, 1.54) is 22.5 Å². The minimum Gasteiger partial charge on any atom is -0.482 e.